The number of carbonyl (C=O) groups excluding carboxylic acids is 2. The summed E-state index contributed by atoms with van der Waals surface area (Å²) in [5.41, 5.74) is 0. The van der Waals surface area contributed by atoms with Gasteiger partial charge >= 0.3 is 19.8 Å². The summed E-state index contributed by atoms with van der Waals surface area (Å²) in [7, 11) is -5.14. The van der Waals surface area contributed by atoms with Gasteiger partial charge in [-0.05, 0) is 90.4 Å². The Kier molecular flexibility index (Phi) is 34.2. The molecule has 1 saturated carbocycles. The van der Waals surface area contributed by atoms with Crippen molar-refractivity contribution >= 4 is 19.8 Å². The summed E-state index contributed by atoms with van der Waals surface area (Å²) in [4.78, 5) is 35.7. The minimum absolute atomic E-state index is 0.00605. The van der Waals surface area contributed by atoms with E-state index in [4.69, 9.17) is 18.5 Å². The van der Waals surface area contributed by atoms with E-state index in [-0.39, 0.29) is 18.9 Å². The maximum atomic E-state index is 12.8. The minimum Gasteiger partial charge on any atom is -0.462 e. The molecule has 3 unspecified atom stereocenters. The summed E-state index contributed by atoms with van der Waals surface area (Å²) in [5, 5.41) is 59.4. The van der Waals surface area contributed by atoms with Gasteiger partial charge in [-0.1, -0.05) is 119 Å². The first-order valence-electron chi connectivity index (χ1n) is 23.1. The number of phosphoric acid groups is 1. The van der Waals surface area contributed by atoms with E-state index in [9.17, 15) is 49.7 Å². The Bertz CT molecular complexity index is 1330. The van der Waals surface area contributed by atoms with Crippen LogP contribution in [0.3, 0.4) is 0 Å². The van der Waals surface area contributed by atoms with E-state index in [0.29, 0.717) is 19.3 Å². The third-order valence-corrected chi connectivity index (χ3v) is 11.3. The third-order valence-electron chi connectivity index (χ3n) is 10.3. The SMILES string of the molecule is CCCCCC/C=C\CCCCCCCCCC(=O)OC[C@H](COP(=O)(O)OC1[C@H](O)[C@H](O)C(O)[C@H](O)[C@H]1O)OC(=O)CCC/C=C\C/C=C\C/C=C\C/C=C\CCC[C@H](C)O. The molecule has 0 bridgehead atoms. The molecule has 1 rings (SSSR count). The lowest BCUT2D eigenvalue weighted by Crippen LogP contribution is -2.64. The number of ether oxygens (including phenoxy) is 2. The first kappa shape index (κ1) is 57.5. The van der Waals surface area contributed by atoms with Crippen molar-refractivity contribution in [2.75, 3.05) is 13.2 Å². The highest BCUT2D eigenvalue weighted by atomic mass is 31.2. The predicted octanol–water partition coefficient (Wildman–Crippen LogP) is 7.92. The molecular formula is C47H81O14P. The van der Waals surface area contributed by atoms with Gasteiger partial charge in [0.25, 0.3) is 0 Å². The lowest BCUT2D eigenvalue weighted by atomic mass is 9.85. The van der Waals surface area contributed by atoms with Crippen LogP contribution in [0, 0.1) is 0 Å². The van der Waals surface area contributed by atoms with Gasteiger partial charge in [0.05, 0.1) is 12.7 Å². The summed E-state index contributed by atoms with van der Waals surface area (Å²) in [5.74, 6) is -1.19. The largest absolute Gasteiger partial charge is 0.472 e. The number of rotatable bonds is 37. The van der Waals surface area contributed by atoms with E-state index in [1.807, 2.05) is 12.2 Å². The molecule has 7 N–H and O–H groups in total. The van der Waals surface area contributed by atoms with Crippen molar-refractivity contribution in [3.63, 3.8) is 0 Å². The molecule has 1 fully saturated rings. The van der Waals surface area contributed by atoms with Crippen LogP contribution in [-0.2, 0) is 32.7 Å². The van der Waals surface area contributed by atoms with Gasteiger partial charge in [0.1, 0.15) is 43.2 Å². The van der Waals surface area contributed by atoms with E-state index in [0.717, 1.165) is 77.0 Å². The van der Waals surface area contributed by atoms with Gasteiger partial charge in [-0.3, -0.25) is 18.6 Å². The summed E-state index contributed by atoms with van der Waals surface area (Å²) in [6.45, 7) is 2.78. The molecule has 0 aromatic rings. The highest BCUT2D eigenvalue weighted by Crippen LogP contribution is 2.47. The van der Waals surface area contributed by atoms with Crippen LogP contribution in [0.25, 0.3) is 0 Å². The average Bonchev–Trinajstić information content (AvgIpc) is 3.24. The fourth-order valence-corrected chi connectivity index (χ4v) is 7.56. The second-order valence-corrected chi connectivity index (χ2v) is 17.6. The Morgan fingerprint density at radius 3 is 1.55 bits per heavy atom. The first-order valence-corrected chi connectivity index (χ1v) is 24.6. The van der Waals surface area contributed by atoms with Crippen LogP contribution in [0.1, 0.15) is 162 Å². The van der Waals surface area contributed by atoms with Crippen molar-refractivity contribution in [3.05, 3.63) is 60.8 Å². The highest BCUT2D eigenvalue weighted by molar-refractivity contribution is 7.47. The monoisotopic (exact) mass is 901 g/mol. The van der Waals surface area contributed by atoms with Gasteiger partial charge in [0, 0.05) is 12.8 Å². The molecule has 0 spiro atoms. The number of aliphatic hydroxyl groups excluding tert-OH is 6. The molecule has 15 heteroatoms. The molecule has 1 aliphatic rings. The fourth-order valence-electron chi connectivity index (χ4n) is 6.59. The van der Waals surface area contributed by atoms with Gasteiger partial charge < -0.3 is 45.0 Å². The van der Waals surface area contributed by atoms with Crippen molar-refractivity contribution in [2.45, 2.75) is 210 Å². The molecule has 14 nitrogen and oxygen atoms in total. The Morgan fingerprint density at radius 2 is 1.00 bits per heavy atom. The van der Waals surface area contributed by atoms with Crippen molar-refractivity contribution < 1.29 is 68.2 Å². The number of hydrogen-bond acceptors (Lipinski definition) is 13. The third kappa shape index (κ3) is 29.8. The molecule has 0 radical (unpaired) electrons. The van der Waals surface area contributed by atoms with Crippen molar-refractivity contribution in [2.24, 2.45) is 0 Å². The van der Waals surface area contributed by atoms with Crippen LogP contribution >= 0.6 is 7.82 Å². The zero-order valence-electron chi connectivity index (χ0n) is 37.5. The molecule has 62 heavy (non-hydrogen) atoms. The van der Waals surface area contributed by atoms with E-state index in [2.05, 4.69) is 55.5 Å². The van der Waals surface area contributed by atoms with Crippen molar-refractivity contribution in [1.29, 1.82) is 0 Å². The number of hydrogen-bond donors (Lipinski definition) is 7. The zero-order chi connectivity index (χ0) is 45.9. The van der Waals surface area contributed by atoms with Crippen LogP contribution in [0.15, 0.2) is 60.8 Å². The molecule has 0 aromatic heterocycles. The molecule has 0 saturated heterocycles. The Morgan fingerprint density at radius 1 is 0.565 bits per heavy atom. The number of aliphatic hydroxyl groups is 6. The molecule has 0 aromatic carbocycles. The normalized spacial score (nSPS) is 22.9. The highest BCUT2D eigenvalue weighted by Gasteiger charge is 2.51. The maximum absolute atomic E-state index is 12.8. The summed E-state index contributed by atoms with van der Waals surface area (Å²) < 4.78 is 33.4. The summed E-state index contributed by atoms with van der Waals surface area (Å²) in [6, 6.07) is 0. The van der Waals surface area contributed by atoms with Gasteiger partial charge in [-0.2, -0.15) is 0 Å². The number of unbranched alkanes of at least 4 members (excludes halogenated alkanes) is 13. The van der Waals surface area contributed by atoms with Crippen LogP contribution in [0.2, 0.25) is 0 Å². The molecule has 0 heterocycles. The van der Waals surface area contributed by atoms with Gasteiger partial charge in [0.15, 0.2) is 6.10 Å². The lowest BCUT2D eigenvalue weighted by molar-refractivity contribution is -0.220. The standard InChI is InChI=1S/C47H81O14P/c1-3-4-5-6-7-8-9-10-12-16-19-22-25-28-31-34-40(49)58-36-39(37-59-62(56,57)61-47-45(54)43(52)42(51)44(53)46(47)55)60-41(50)35-32-29-26-23-20-17-14-11-13-15-18-21-24-27-30-33-38(2)48/h8-9,13-15,17,21,23-24,26,38-39,42-48,51-55H,3-7,10-12,16,18-20,22,25,27-37H2,1-2H3,(H,56,57)/b9-8-,15-13-,17-14-,24-21-,26-23-/t38-,39+,42?,43-,44+,45+,46+,47?/m0/s1. The molecule has 0 aliphatic heterocycles. The molecule has 358 valence electrons. The number of allylic oxidation sites excluding steroid dienone is 10. The zero-order valence-corrected chi connectivity index (χ0v) is 38.4. The maximum Gasteiger partial charge on any atom is 0.472 e. The van der Waals surface area contributed by atoms with Crippen LogP contribution in [0.5, 0.6) is 0 Å². The fraction of sp³-hybridized carbons (Fsp3) is 0.745. The summed E-state index contributed by atoms with van der Waals surface area (Å²) >= 11 is 0. The first-order chi connectivity index (χ1) is 29.8. The Balaban J connectivity index is 2.51. The topological polar surface area (TPSA) is 230 Å². The predicted molar refractivity (Wildman–Crippen MR) is 241 cm³/mol. The Labute approximate surface area is 371 Å². The van der Waals surface area contributed by atoms with E-state index >= 15 is 0 Å². The molecule has 1 aliphatic carbocycles. The smallest absolute Gasteiger partial charge is 0.462 e. The number of esters is 2. The Hall–Kier alpha value is -2.49. The minimum atomic E-state index is -5.14. The second-order valence-electron chi connectivity index (χ2n) is 16.2. The van der Waals surface area contributed by atoms with Crippen LogP contribution in [0.4, 0.5) is 0 Å². The number of phosphoric ester groups is 1. The quantitative estimate of drug-likeness (QED) is 0.0136. The van der Waals surface area contributed by atoms with E-state index in [1.54, 1.807) is 6.92 Å². The lowest BCUT2D eigenvalue weighted by Gasteiger charge is -2.41. The number of carbonyl (C=O) groups is 2. The van der Waals surface area contributed by atoms with E-state index in [1.165, 1.54) is 38.5 Å². The summed E-state index contributed by atoms with van der Waals surface area (Å²) in [6.07, 6.45) is 28.4. The average molecular weight is 901 g/mol. The molecular weight excluding hydrogens is 819 g/mol. The molecule has 0 amide bonds. The van der Waals surface area contributed by atoms with Crippen LogP contribution in [-0.4, -0.2) is 110 Å². The van der Waals surface area contributed by atoms with Crippen molar-refractivity contribution in [3.8, 4) is 0 Å². The second kappa shape index (κ2) is 36.8. The van der Waals surface area contributed by atoms with Gasteiger partial charge in [-0.25, -0.2) is 4.57 Å². The van der Waals surface area contributed by atoms with Gasteiger partial charge in [-0.15, -0.1) is 0 Å². The van der Waals surface area contributed by atoms with E-state index < -0.39 is 75.7 Å². The van der Waals surface area contributed by atoms with Crippen LogP contribution < -0.4 is 0 Å². The molecule has 9 atom stereocenters. The van der Waals surface area contributed by atoms with Crippen molar-refractivity contribution in [1.82, 2.24) is 0 Å². The van der Waals surface area contributed by atoms with Gasteiger partial charge in [0.2, 0.25) is 0 Å².